The van der Waals surface area contributed by atoms with E-state index in [2.05, 4.69) is 19.2 Å². The highest BCUT2D eigenvalue weighted by atomic mass is 35.5. The molecule has 0 aliphatic carbocycles. The molecule has 0 spiro atoms. The van der Waals surface area contributed by atoms with Crippen LogP contribution in [0.1, 0.15) is 26.7 Å². The summed E-state index contributed by atoms with van der Waals surface area (Å²) in [4.78, 5) is 0. The monoisotopic (exact) mass is 269 g/mol. The first-order valence-corrected chi connectivity index (χ1v) is 6.62. The molecule has 100 valence electrons. The number of benzene rings is 1. The van der Waals surface area contributed by atoms with Crippen LogP contribution in [0.2, 0.25) is 5.02 Å². The van der Waals surface area contributed by atoms with Crippen LogP contribution in [-0.4, -0.2) is 25.4 Å². The maximum absolute atomic E-state index is 6.11. The first-order valence-electron chi connectivity index (χ1n) is 6.24. The highest BCUT2D eigenvalue weighted by molar-refractivity contribution is 6.32. The summed E-state index contributed by atoms with van der Waals surface area (Å²) in [5, 5.41) is 4.14. The molecule has 1 unspecified atom stereocenters. The Morgan fingerprint density at radius 3 is 2.83 bits per heavy atom. The van der Waals surface area contributed by atoms with Gasteiger partial charge in [0.25, 0.3) is 0 Å². The molecule has 2 rings (SSSR count). The lowest BCUT2D eigenvalue weighted by Gasteiger charge is -2.36. The molecule has 1 aliphatic rings. The highest BCUT2D eigenvalue weighted by Gasteiger charge is 2.28. The Balaban J connectivity index is 2.03. The fraction of sp³-hybridized carbons (Fsp3) is 0.571. The van der Waals surface area contributed by atoms with Crippen LogP contribution in [-0.2, 0) is 4.74 Å². The van der Waals surface area contributed by atoms with Gasteiger partial charge in [-0.2, -0.15) is 0 Å². The van der Waals surface area contributed by atoms with Crippen LogP contribution in [0.5, 0.6) is 5.75 Å². The van der Waals surface area contributed by atoms with Crippen LogP contribution in [0.4, 0.5) is 5.69 Å². The maximum Gasteiger partial charge on any atom is 0.137 e. The summed E-state index contributed by atoms with van der Waals surface area (Å²) < 4.78 is 10.9. The summed E-state index contributed by atoms with van der Waals surface area (Å²) >= 11 is 6.11. The molecule has 0 saturated carbocycles. The molecule has 1 N–H and O–H groups in total. The second-order valence-corrected chi connectivity index (χ2v) is 5.70. The number of hydrogen-bond donors (Lipinski definition) is 1. The van der Waals surface area contributed by atoms with Gasteiger partial charge >= 0.3 is 0 Å². The van der Waals surface area contributed by atoms with Gasteiger partial charge < -0.3 is 14.8 Å². The second kappa shape index (κ2) is 5.37. The molecule has 3 nitrogen and oxygen atoms in total. The number of nitrogens with one attached hydrogen (secondary N) is 1. The van der Waals surface area contributed by atoms with Gasteiger partial charge in [0.15, 0.2) is 0 Å². The van der Waals surface area contributed by atoms with E-state index >= 15 is 0 Å². The average Bonchev–Trinajstić information content (AvgIpc) is 2.28. The molecule has 1 saturated heterocycles. The van der Waals surface area contributed by atoms with Gasteiger partial charge in [0, 0.05) is 18.3 Å². The summed E-state index contributed by atoms with van der Waals surface area (Å²) in [6.45, 7) is 5.05. The van der Waals surface area contributed by atoms with E-state index in [9.17, 15) is 0 Å². The van der Waals surface area contributed by atoms with Gasteiger partial charge in [-0.25, -0.2) is 0 Å². The minimum Gasteiger partial charge on any atom is -0.495 e. The number of rotatable bonds is 3. The van der Waals surface area contributed by atoms with Gasteiger partial charge in [0.2, 0.25) is 0 Å². The van der Waals surface area contributed by atoms with Crippen molar-refractivity contribution in [3.63, 3.8) is 0 Å². The van der Waals surface area contributed by atoms with Crippen LogP contribution in [0.15, 0.2) is 18.2 Å². The molecule has 0 radical (unpaired) electrons. The lowest BCUT2D eigenvalue weighted by molar-refractivity contribution is -0.0553. The Kier molecular flexibility index (Phi) is 4.03. The molecular weight excluding hydrogens is 250 g/mol. The first-order chi connectivity index (χ1) is 8.50. The van der Waals surface area contributed by atoms with Crippen LogP contribution in [0, 0.1) is 0 Å². The smallest absolute Gasteiger partial charge is 0.137 e. The van der Waals surface area contributed by atoms with Crippen molar-refractivity contribution >= 4 is 17.3 Å². The zero-order chi connectivity index (χ0) is 13.2. The second-order valence-electron chi connectivity index (χ2n) is 5.29. The van der Waals surface area contributed by atoms with E-state index in [0.717, 1.165) is 25.1 Å². The number of ether oxygens (including phenoxy) is 2. The number of halogens is 1. The van der Waals surface area contributed by atoms with Gasteiger partial charge in [-0.05, 0) is 44.9 Å². The van der Waals surface area contributed by atoms with E-state index in [1.165, 1.54) is 0 Å². The maximum atomic E-state index is 6.11. The molecule has 1 fully saturated rings. The summed E-state index contributed by atoms with van der Waals surface area (Å²) in [6, 6.07) is 6.21. The van der Waals surface area contributed by atoms with E-state index in [1.807, 2.05) is 18.2 Å². The Bertz CT molecular complexity index is 420. The van der Waals surface area contributed by atoms with Crippen LogP contribution < -0.4 is 10.1 Å². The van der Waals surface area contributed by atoms with Crippen molar-refractivity contribution < 1.29 is 9.47 Å². The van der Waals surface area contributed by atoms with Crippen molar-refractivity contribution in [2.45, 2.75) is 38.3 Å². The normalized spacial score (nSPS) is 22.6. The van der Waals surface area contributed by atoms with Crippen molar-refractivity contribution in [2.24, 2.45) is 0 Å². The standard InChI is InChI=1S/C14H20ClNO2/c1-14(2)9-11(6-7-18-14)16-10-4-5-13(17-3)12(15)8-10/h4-5,8,11,16H,6-7,9H2,1-3H3. The number of hydrogen-bond acceptors (Lipinski definition) is 3. The van der Waals surface area contributed by atoms with E-state index in [-0.39, 0.29) is 5.60 Å². The van der Waals surface area contributed by atoms with Crippen molar-refractivity contribution in [1.29, 1.82) is 0 Å². The van der Waals surface area contributed by atoms with E-state index < -0.39 is 0 Å². The summed E-state index contributed by atoms with van der Waals surface area (Å²) in [5.41, 5.74) is 0.982. The van der Waals surface area contributed by atoms with Crippen LogP contribution >= 0.6 is 11.6 Å². The lowest BCUT2D eigenvalue weighted by atomic mass is 9.94. The molecule has 1 aromatic rings. The predicted molar refractivity (Wildman–Crippen MR) is 74.7 cm³/mol. The van der Waals surface area contributed by atoms with E-state index in [1.54, 1.807) is 7.11 Å². The molecule has 0 aromatic heterocycles. The van der Waals surface area contributed by atoms with Gasteiger partial charge in [-0.1, -0.05) is 11.6 Å². The summed E-state index contributed by atoms with van der Waals surface area (Å²) in [5.74, 6) is 0.703. The largest absolute Gasteiger partial charge is 0.495 e. The highest BCUT2D eigenvalue weighted by Crippen LogP contribution is 2.30. The number of methoxy groups -OCH3 is 1. The summed E-state index contributed by atoms with van der Waals surface area (Å²) in [6.07, 6.45) is 2.02. The zero-order valence-electron chi connectivity index (χ0n) is 11.1. The minimum atomic E-state index is -0.0494. The van der Waals surface area contributed by atoms with Crippen molar-refractivity contribution in [1.82, 2.24) is 0 Å². The van der Waals surface area contributed by atoms with Crippen molar-refractivity contribution in [3.8, 4) is 5.75 Å². The molecular formula is C14H20ClNO2. The van der Waals surface area contributed by atoms with E-state index in [4.69, 9.17) is 21.1 Å². The Morgan fingerprint density at radius 2 is 2.22 bits per heavy atom. The zero-order valence-corrected chi connectivity index (χ0v) is 11.9. The molecule has 18 heavy (non-hydrogen) atoms. The third-order valence-corrected chi connectivity index (χ3v) is 3.52. The summed E-state index contributed by atoms with van der Waals surface area (Å²) in [7, 11) is 1.62. The van der Waals surface area contributed by atoms with E-state index in [0.29, 0.717) is 16.8 Å². The molecule has 1 heterocycles. The Morgan fingerprint density at radius 1 is 1.44 bits per heavy atom. The molecule has 0 bridgehead atoms. The fourth-order valence-electron chi connectivity index (χ4n) is 2.35. The minimum absolute atomic E-state index is 0.0494. The predicted octanol–water partition coefficient (Wildman–Crippen LogP) is 3.72. The SMILES string of the molecule is COc1ccc(NC2CCOC(C)(C)C2)cc1Cl. The van der Waals surface area contributed by atoms with Crippen molar-refractivity contribution in [2.75, 3.05) is 19.0 Å². The molecule has 4 heteroatoms. The molecule has 1 aliphatic heterocycles. The molecule has 0 amide bonds. The first kappa shape index (κ1) is 13.5. The fourth-order valence-corrected chi connectivity index (χ4v) is 2.60. The average molecular weight is 270 g/mol. The topological polar surface area (TPSA) is 30.5 Å². The number of anilines is 1. The quantitative estimate of drug-likeness (QED) is 0.907. The molecule has 1 atom stereocenters. The lowest BCUT2D eigenvalue weighted by Crippen LogP contribution is -2.40. The van der Waals surface area contributed by atoms with Crippen LogP contribution in [0.3, 0.4) is 0 Å². The Labute approximate surface area is 113 Å². The van der Waals surface area contributed by atoms with Gasteiger partial charge in [0.1, 0.15) is 5.75 Å². The Hall–Kier alpha value is -0.930. The van der Waals surface area contributed by atoms with Crippen molar-refractivity contribution in [3.05, 3.63) is 23.2 Å². The van der Waals surface area contributed by atoms with Gasteiger partial charge in [-0.3, -0.25) is 0 Å². The van der Waals surface area contributed by atoms with Crippen LogP contribution in [0.25, 0.3) is 0 Å². The van der Waals surface area contributed by atoms with Gasteiger partial charge in [-0.15, -0.1) is 0 Å². The molecule has 1 aromatic carbocycles. The third-order valence-electron chi connectivity index (χ3n) is 3.22. The third kappa shape index (κ3) is 3.30. The van der Waals surface area contributed by atoms with Gasteiger partial charge in [0.05, 0.1) is 17.7 Å².